The molecule has 1 aromatic rings. The predicted molar refractivity (Wildman–Crippen MR) is 68.7 cm³/mol. The molecule has 0 unspecified atom stereocenters. The van der Waals surface area contributed by atoms with Gasteiger partial charge >= 0.3 is 0 Å². The minimum Gasteiger partial charge on any atom is -0.369 e. The van der Waals surface area contributed by atoms with Crippen LogP contribution < -0.4 is 10.6 Å². The van der Waals surface area contributed by atoms with Crippen molar-refractivity contribution in [1.29, 1.82) is 0 Å². The van der Waals surface area contributed by atoms with Crippen molar-refractivity contribution < 1.29 is 0 Å². The first kappa shape index (κ1) is 12.5. The van der Waals surface area contributed by atoms with Gasteiger partial charge in [-0.2, -0.15) is 0 Å². The Morgan fingerprint density at radius 1 is 1.44 bits per heavy atom. The van der Waals surface area contributed by atoms with Gasteiger partial charge in [0.2, 0.25) is 0 Å². The molecule has 2 N–H and O–H groups in total. The van der Waals surface area contributed by atoms with Crippen molar-refractivity contribution in [3.63, 3.8) is 0 Å². The Kier molecular flexibility index (Phi) is 5.32. The van der Waals surface area contributed by atoms with Gasteiger partial charge in [-0.3, -0.25) is 4.99 Å². The number of guanidine groups is 1. The molecule has 0 saturated heterocycles. The largest absolute Gasteiger partial charge is 0.369 e. The third-order valence-electron chi connectivity index (χ3n) is 2.37. The van der Waals surface area contributed by atoms with E-state index in [4.69, 9.17) is 5.73 Å². The maximum Gasteiger partial charge on any atom is 0.196 e. The third kappa shape index (κ3) is 3.88. The van der Waals surface area contributed by atoms with Crippen molar-refractivity contribution in [2.45, 2.75) is 26.2 Å². The van der Waals surface area contributed by atoms with Crippen LogP contribution in [0.15, 0.2) is 29.4 Å². The van der Waals surface area contributed by atoms with Crippen LogP contribution in [0.5, 0.6) is 0 Å². The number of rotatable bonds is 5. The quantitative estimate of drug-likeness (QED) is 0.469. The summed E-state index contributed by atoms with van der Waals surface area (Å²) in [5.41, 5.74) is 5.87. The van der Waals surface area contributed by atoms with Gasteiger partial charge in [0.25, 0.3) is 0 Å². The van der Waals surface area contributed by atoms with E-state index in [9.17, 15) is 0 Å². The van der Waals surface area contributed by atoms with Crippen molar-refractivity contribution in [2.75, 3.05) is 18.5 Å². The second kappa shape index (κ2) is 6.82. The molecule has 0 aromatic carbocycles. The lowest BCUT2D eigenvalue weighted by Gasteiger charge is -2.16. The fourth-order valence-corrected chi connectivity index (χ4v) is 1.33. The number of anilines is 1. The molecule has 0 atom stereocenters. The first-order valence-corrected chi connectivity index (χ1v) is 5.70. The summed E-state index contributed by atoms with van der Waals surface area (Å²) in [6.45, 7) is 2.96. The number of hydrogen-bond acceptors (Lipinski definition) is 2. The molecule has 16 heavy (non-hydrogen) atoms. The Balaban J connectivity index is 2.50. The minimum absolute atomic E-state index is 0.523. The van der Waals surface area contributed by atoms with Crippen LogP contribution in [-0.2, 0) is 0 Å². The fourth-order valence-electron chi connectivity index (χ4n) is 1.33. The number of aliphatic imine (C=N–C) groups is 1. The molecule has 0 aliphatic rings. The van der Waals surface area contributed by atoms with E-state index < -0.39 is 0 Å². The third-order valence-corrected chi connectivity index (χ3v) is 2.37. The van der Waals surface area contributed by atoms with E-state index in [1.54, 1.807) is 11.1 Å². The van der Waals surface area contributed by atoms with E-state index in [0.717, 1.165) is 18.8 Å². The molecule has 1 rings (SSSR count). The van der Waals surface area contributed by atoms with Crippen LogP contribution in [0, 0.1) is 0 Å². The molecule has 0 aliphatic carbocycles. The first-order chi connectivity index (χ1) is 7.75. The number of pyridine rings is 1. The minimum atomic E-state index is 0.523. The summed E-state index contributed by atoms with van der Waals surface area (Å²) in [6.07, 6.45) is 5.24. The van der Waals surface area contributed by atoms with Gasteiger partial charge in [-0.25, -0.2) is 4.98 Å². The van der Waals surface area contributed by atoms with Gasteiger partial charge in [0.1, 0.15) is 5.82 Å². The van der Waals surface area contributed by atoms with E-state index in [2.05, 4.69) is 16.9 Å². The monoisotopic (exact) mass is 220 g/mol. The Bertz CT molecular complexity index is 321. The maximum absolute atomic E-state index is 5.87. The smallest absolute Gasteiger partial charge is 0.196 e. The average molecular weight is 220 g/mol. The topological polar surface area (TPSA) is 54.5 Å². The zero-order valence-corrected chi connectivity index (χ0v) is 10.1. The highest BCUT2D eigenvalue weighted by molar-refractivity contribution is 5.93. The molecule has 1 aromatic heterocycles. The van der Waals surface area contributed by atoms with E-state index >= 15 is 0 Å². The summed E-state index contributed by atoms with van der Waals surface area (Å²) in [5, 5.41) is 0. The molecule has 0 radical (unpaired) electrons. The van der Waals surface area contributed by atoms with E-state index in [-0.39, 0.29) is 0 Å². The predicted octanol–water partition coefficient (Wildman–Crippen LogP) is 2.02. The Hall–Kier alpha value is -1.58. The van der Waals surface area contributed by atoms with E-state index in [0.29, 0.717) is 5.96 Å². The summed E-state index contributed by atoms with van der Waals surface area (Å²) < 4.78 is 0. The van der Waals surface area contributed by atoms with Crippen molar-refractivity contribution in [3.8, 4) is 0 Å². The molecule has 4 heteroatoms. The highest BCUT2D eigenvalue weighted by Gasteiger charge is 2.04. The number of hydrogen-bond donors (Lipinski definition) is 1. The molecule has 1 heterocycles. The molecule has 0 fully saturated rings. The Morgan fingerprint density at radius 3 is 2.88 bits per heavy atom. The van der Waals surface area contributed by atoms with Crippen LogP contribution in [0.4, 0.5) is 5.82 Å². The van der Waals surface area contributed by atoms with Crippen molar-refractivity contribution in [1.82, 2.24) is 4.98 Å². The highest BCUT2D eigenvalue weighted by Crippen LogP contribution is 2.05. The van der Waals surface area contributed by atoms with Gasteiger partial charge in [-0.1, -0.05) is 25.8 Å². The van der Waals surface area contributed by atoms with Gasteiger partial charge in [0.05, 0.1) is 0 Å². The molecule has 0 amide bonds. The number of nitrogens with two attached hydrogens (primary N) is 1. The average Bonchev–Trinajstić information content (AvgIpc) is 2.34. The van der Waals surface area contributed by atoms with Crippen molar-refractivity contribution in [2.24, 2.45) is 10.7 Å². The Morgan fingerprint density at radius 2 is 2.25 bits per heavy atom. The van der Waals surface area contributed by atoms with Crippen LogP contribution in [0.2, 0.25) is 0 Å². The zero-order chi connectivity index (χ0) is 11.8. The molecule has 0 aliphatic heterocycles. The van der Waals surface area contributed by atoms with Crippen molar-refractivity contribution >= 4 is 11.8 Å². The maximum atomic E-state index is 5.87. The van der Waals surface area contributed by atoms with Gasteiger partial charge in [0.15, 0.2) is 5.96 Å². The van der Waals surface area contributed by atoms with Crippen LogP contribution in [-0.4, -0.2) is 24.5 Å². The van der Waals surface area contributed by atoms with E-state index in [1.165, 1.54) is 12.8 Å². The first-order valence-electron chi connectivity index (χ1n) is 5.70. The van der Waals surface area contributed by atoms with Crippen molar-refractivity contribution in [3.05, 3.63) is 24.4 Å². The summed E-state index contributed by atoms with van der Waals surface area (Å²) in [5.74, 6) is 1.34. The van der Waals surface area contributed by atoms with Gasteiger partial charge in [-0.05, 0) is 18.6 Å². The zero-order valence-electron chi connectivity index (χ0n) is 10.1. The second-order valence-corrected chi connectivity index (χ2v) is 3.69. The van der Waals surface area contributed by atoms with Crippen LogP contribution >= 0.6 is 0 Å². The summed E-state index contributed by atoms with van der Waals surface area (Å²) in [6, 6.07) is 5.73. The molecule has 4 nitrogen and oxygen atoms in total. The molecule has 0 saturated carbocycles. The standard InChI is InChI=1S/C12H20N4/c1-3-4-6-10-15-12(13)16(2)11-8-5-7-9-14-11/h5,7-9H,3-4,6,10H2,1-2H3,(H2,13,15). The molecule has 0 spiro atoms. The molecular weight excluding hydrogens is 200 g/mol. The molecular formula is C12H20N4. The summed E-state index contributed by atoms with van der Waals surface area (Å²) >= 11 is 0. The molecule has 0 bridgehead atoms. The normalized spacial score (nSPS) is 11.5. The Labute approximate surface area is 97.2 Å². The number of unbranched alkanes of at least 4 members (excludes halogenated alkanes) is 2. The van der Waals surface area contributed by atoms with Gasteiger partial charge < -0.3 is 10.6 Å². The lowest BCUT2D eigenvalue weighted by atomic mass is 10.2. The number of aromatic nitrogens is 1. The van der Waals surface area contributed by atoms with E-state index in [1.807, 2.05) is 25.2 Å². The fraction of sp³-hybridized carbons (Fsp3) is 0.500. The highest BCUT2D eigenvalue weighted by atomic mass is 15.3. The SMILES string of the molecule is CCCCCN=C(N)N(C)c1ccccn1. The van der Waals surface area contributed by atoms with Gasteiger partial charge in [-0.15, -0.1) is 0 Å². The number of nitrogens with zero attached hydrogens (tertiary/aromatic N) is 3. The summed E-state index contributed by atoms with van der Waals surface area (Å²) in [4.78, 5) is 10.3. The van der Waals surface area contributed by atoms with Crippen LogP contribution in [0.25, 0.3) is 0 Å². The van der Waals surface area contributed by atoms with Crippen LogP contribution in [0.1, 0.15) is 26.2 Å². The second-order valence-electron chi connectivity index (χ2n) is 3.69. The van der Waals surface area contributed by atoms with Gasteiger partial charge in [0, 0.05) is 19.8 Å². The lowest BCUT2D eigenvalue weighted by molar-refractivity contribution is 0.726. The van der Waals surface area contributed by atoms with Crippen LogP contribution in [0.3, 0.4) is 0 Å². The lowest BCUT2D eigenvalue weighted by Crippen LogP contribution is -2.34. The molecule has 88 valence electrons. The summed E-state index contributed by atoms with van der Waals surface area (Å²) in [7, 11) is 1.88.